The van der Waals surface area contributed by atoms with Crippen LogP contribution in [0.2, 0.25) is 0 Å². The number of ether oxygens (including phenoxy) is 1. The van der Waals surface area contributed by atoms with Gasteiger partial charge >= 0.3 is 0 Å². The van der Waals surface area contributed by atoms with E-state index in [1.54, 1.807) is 7.11 Å². The highest BCUT2D eigenvalue weighted by Crippen LogP contribution is 2.29. The summed E-state index contributed by atoms with van der Waals surface area (Å²) < 4.78 is 5.47. The van der Waals surface area contributed by atoms with Gasteiger partial charge in [0.1, 0.15) is 5.75 Å². The lowest BCUT2D eigenvalue weighted by atomic mass is 10.1. The first-order chi connectivity index (χ1) is 12.7. The van der Waals surface area contributed by atoms with Crippen LogP contribution in [0.4, 0.5) is 5.69 Å². The number of benzene rings is 2. The number of aromatic nitrogens is 1. The number of methoxy groups -OCH3 is 1. The molecule has 5 heteroatoms. The van der Waals surface area contributed by atoms with Gasteiger partial charge in [-0.2, -0.15) is 0 Å². The molecule has 0 bridgehead atoms. The Morgan fingerprint density at radius 1 is 1.00 bits per heavy atom. The average molecular weight is 349 g/mol. The molecule has 1 aliphatic heterocycles. The monoisotopic (exact) mass is 349 g/mol. The summed E-state index contributed by atoms with van der Waals surface area (Å²) in [7, 11) is 1.69. The van der Waals surface area contributed by atoms with E-state index in [1.807, 2.05) is 54.3 Å². The molecule has 1 aromatic heterocycles. The molecule has 26 heavy (non-hydrogen) atoms. The Morgan fingerprint density at radius 3 is 2.46 bits per heavy atom. The molecule has 134 valence electrons. The van der Waals surface area contributed by atoms with Crippen LogP contribution in [0.25, 0.3) is 10.9 Å². The van der Waals surface area contributed by atoms with Crippen molar-refractivity contribution in [3.05, 3.63) is 59.8 Å². The van der Waals surface area contributed by atoms with E-state index in [1.165, 1.54) is 0 Å². The topological polar surface area (TPSA) is 48.6 Å². The SMILES string of the molecule is COc1ccccc1N1CCN(C(=O)c2c(C)[nH]c3ccccc23)CC1. The molecule has 0 unspecified atom stereocenters. The fraction of sp³-hybridized carbons (Fsp3) is 0.286. The molecule has 0 saturated carbocycles. The van der Waals surface area contributed by atoms with Crippen molar-refractivity contribution in [1.29, 1.82) is 0 Å². The van der Waals surface area contributed by atoms with Crippen LogP contribution < -0.4 is 9.64 Å². The predicted octanol–water partition coefficient (Wildman–Crippen LogP) is 3.45. The average Bonchev–Trinajstić information content (AvgIpc) is 3.03. The third kappa shape index (κ3) is 2.79. The Labute approximate surface area is 153 Å². The van der Waals surface area contributed by atoms with Gasteiger partial charge in [0, 0.05) is 42.8 Å². The number of amides is 1. The number of anilines is 1. The Bertz CT molecular complexity index is 939. The van der Waals surface area contributed by atoms with Crippen LogP contribution in [-0.2, 0) is 0 Å². The highest BCUT2D eigenvalue weighted by Gasteiger charge is 2.26. The minimum atomic E-state index is 0.111. The zero-order chi connectivity index (χ0) is 18.1. The van der Waals surface area contributed by atoms with Gasteiger partial charge in [-0.05, 0) is 25.1 Å². The van der Waals surface area contributed by atoms with Crippen molar-refractivity contribution < 1.29 is 9.53 Å². The van der Waals surface area contributed by atoms with Gasteiger partial charge in [-0.25, -0.2) is 0 Å². The number of hydrogen-bond donors (Lipinski definition) is 1. The largest absolute Gasteiger partial charge is 0.495 e. The number of carbonyl (C=O) groups excluding carboxylic acids is 1. The molecule has 1 N–H and O–H groups in total. The van der Waals surface area contributed by atoms with Crippen LogP contribution in [0.3, 0.4) is 0 Å². The zero-order valence-electron chi connectivity index (χ0n) is 15.2. The third-order valence-corrected chi connectivity index (χ3v) is 5.10. The molecule has 4 rings (SSSR count). The molecule has 0 spiro atoms. The van der Waals surface area contributed by atoms with Crippen LogP contribution in [0.15, 0.2) is 48.5 Å². The summed E-state index contributed by atoms with van der Waals surface area (Å²) in [6, 6.07) is 16.0. The Balaban J connectivity index is 1.53. The van der Waals surface area contributed by atoms with Crippen LogP contribution in [0.5, 0.6) is 5.75 Å². The van der Waals surface area contributed by atoms with Crippen molar-refractivity contribution in [3.63, 3.8) is 0 Å². The number of rotatable bonds is 3. The second-order valence-electron chi connectivity index (χ2n) is 6.62. The van der Waals surface area contributed by atoms with E-state index in [2.05, 4.69) is 16.0 Å². The highest BCUT2D eigenvalue weighted by atomic mass is 16.5. The fourth-order valence-corrected chi connectivity index (χ4v) is 3.75. The number of hydrogen-bond acceptors (Lipinski definition) is 3. The van der Waals surface area contributed by atoms with Crippen molar-refractivity contribution >= 4 is 22.5 Å². The number of nitrogens with zero attached hydrogens (tertiary/aromatic N) is 2. The predicted molar refractivity (Wildman–Crippen MR) is 104 cm³/mol. The normalized spacial score (nSPS) is 14.7. The van der Waals surface area contributed by atoms with Crippen molar-refractivity contribution in [2.75, 3.05) is 38.2 Å². The van der Waals surface area contributed by atoms with Crippen LogP contribution in [0, 0.1) is 6.92 Å². The maximum absolute atomic E-state index is 13.1. The number of nitrogens with one attached hydrogen (secondary N) is 1. The van der Waals surface area contributed by atoms with Crippen molar-refractivity contribution in [2.45, 2.75) is 6.92 Å². The lowest BCUT2D eigenvalue weighted by Crippen LogP contribution is -2.49. The van der Waals surface area contributed by atoms with E-state index in [4.69, 9.17) is 4.74 Å². The van der Waals surface area contributed by atoms with E-state index in [0.29, 0.717) is 13.1 Å². The molecule has 1 aliphatic rings. The lowest BCUT2D eigenvalue weighted by Gasteiger charge is -2.36. The molecule has 0 aliphatic carbocycles. The van der Waals surface area contributed by atoms with Crippen molar-refractivity contribution in [2.24, 2.45) is 0 Å². The molecule has 5 nitrogen and oxygen atoms in total. The second kappa shape index (κ2) is 6.75. The van der Waals surface area contributed by atoms with Gasteiger partial charge in [0.05, 0.1) is 18.4 Å². The lowest BCUT2D eigenvalue weighted by molar-refractivity contribution is 0.0748. The van der Waals surface area contributed by atoms with Crippen LogP contribution in [-0.4, -0.2) is 49.1 Å². The Morgan fingerprint density at radius 2 is 1.69 bits per heavy atom. The number of H-pyrrole nitrogens is 1. The number of para-hydroxylation sites is 3. The molecule has 1 amide bonds. The molecule has 1 fully saturated rings. The standard InChI is InChI=1S/C21H23N3O2/c1-15-20(16-7-3-4-8-17(16)22-15)21(25)24-13-11-23(12-14-24)18-9-5-6-10-19(18)26-2/h3-10,22H,11-14H2,1-2H3. The summed E-state index contributed by atoms with van der Waals surface area (Å²) in [5, 5.41) is 1.00. The molecular weight excluding hydrogens is 326 g/mol. The molecule has 3 aromatic rings. The second-order valence-corrected chi connectivity index (χ2v) is 6.62. The third-order valence-electron chi connectivity index (χ3n) is 5.10. The molecular formula is C21H23N3O2. The first-order valence-electron chi connectivity index (χ1n) is 8.93. The number of carbonyl (C=O) groups is 1. The smallest absolute Gasteiger partial charge is 0.256 e. The minimum Gasteiger partial charge on any atom is -0.495 e. The summed E-state index contributed by atoms with van der Waals surface area (Å²) in [6.45, 7) is 4.98. The molecule has 2 aromatic carbocycles. The minimum absolute atomic E-state index is 0.111. The maximum atomic E-state index is 13.1. The van der Waals surface area contributed by atoms with E-state index < -0.39 is 0 Å². The van der Waals surface area contributed by atoms with Gasteiger partial charge in [-0.15, -0.1) is 0 Å². The summed E-state index contributed by atoms with van der Waals surface area (Å²) in [6.07, 6.45) is 0. The van der Waals surface area contributed by atoms with E-state index >= 15 is 0 Å². The van der Waals surface area contributed by atoms with E-state index in [-0.39, 0.29) is 5.91 Å². The van der Waals surface area contributed by atoms with Crippen LogP contribution >= 0.6 is 0 Å². The van der Waals surface area contributed by atoms with Crippen molar-refractivity contribution in [3.8, 4) is 5.75 Å². The van der Waals surface area contributed by atoms with Gasteiger partial charge in [0.2, 0.25) is 0 Å². The van der Waals surface area contributed by atoms with Crippen molar-refractivity contribution in [1.82, 2.24) is 9.88 Å². The molecule has 2 heterocycles. The van der Waals surface area contributed by atoms with Gasteiger partial charge in [0.15, 0.2) is 0 Å². The number of aryl methyl sites for hydroxylation is 1. The van der Waals surface area contributed by atoms with Gasteiger partial charge in [0.25, 0.3) is 5.91 Å². The van der Waals surface area contributed by atoms with Crippen LogP contribution in [0.1, 0.15) is 16.1 Å². The Hall–Kier alpha value is -2.95. The quantitative estimate of drug-likeness (QED) is 0.788. The molecule has 0 radical (unpaired) electrons. The van der Waals surface area contributed by atoms with Gasteiger partial charge in [-0.1, -0.05) is 30.3 Å². The summed E-state index contributed by atoms with van der Waals surface area (Å²) in [5.41, 5.74) is 3.83. The van der Waals surface area contributed by atoms with E-state index in [0.717, 1.165) is 46.7 Å². The number of fused-ring (bicyclic) bond motifs is 1. The molecule has 0 atom stereocenters. The first-order valence-corrected chi connectivity index (χ1v) is 8.93. The summed E-state index contributed by atoms with van der Waals surface area (Å²) in [5.74, 6) is 0.986. The van der Waals surface area contributed by atoms with Gasteiger partial charge < -0.3 is 19.5 Å². The van der Waals surface area contributed by atoms with E-state index in [9.17, 15) is 4.79 Å². The maximum Gasteiger partial charge on any atom is 0.256 e. The highest BCUT2D eigenvalue weighted by molar-refractivity contribution is 6.08. The zero-order valence-corrected chi connectivity index (χ0v) is 15.2. The fourth-order valence-electron chi connectivity index (χ4n) is 3.75. The summed E-state index contributed by atoms with van der Waals surface area (Å²) >= 11 is 0. The number of aromatic amines is 1. The summed E-state index contributed by atoms with van der Waals surface area (Å²) in [4.78, 5) is 20.7. The Kier molecular flexibility index (Phi) is 4.29. The number of piperazine rings is 1. The first kappa shape index (κ1) is 16.5. The molecule has 1 saturated heterocycles. The van der Waals surface area contributed by atoms with Gasteiger partial charge in [-0.3, -0.25) is 4.79 Å².